The van der Waals surface area contributed by atoms with E-state index in [9.17, 15) is 4.79 Å². The van der Waals surface area contributed by atoms with E-state index in [1.54, 1.807) is 0 Å². The molecule has 2 fully saturated rings. The zero-order chi connectivity index (χ0) is 11.6. The highest BCUT2D eigenvalue weighted by Gasteiger charge is 2.52. The molecule has 0 aromatic heterocycles. The summed E-state index contributed by atoms with van der Waals surface area (Å²) < 4.78 is 0. The van der Waals surface area contributed by atoms with Crippen LogP contribution in [0.15, 0.2) is 24.3 Å². The topological polar surface area (TPSA) is 20.3 Å². The van der Waals surface area contributed by atoms with Crippen LogP contribution in [0.1, 0.15) is 41.1 Å². The Bertz CT molecular complexity index is 495. The summed E-state index contributed by atoms with van der Waals surface area (Å²) in [5, 5.41) is 0. The lowest BCUT2D eigenvalue weighted by Crippen LogP contribution is -2.46. The van der Waals surface area contributed by atoms with Crippen LogP contribution in [0.4, 0.5) is 0 Å². The van der Waals surface area contributed by atoms with Gasteiger partial charge in [0, 0.05) is 23.6 Å². The smallest absolute Gasteiger partial charge is 0.168 e. The van der Waals surface area contributed by atoms with Crippen molar-refractivity contribution in [2.24, 2.45) is 5.92 Å². The van der Waals surface area contributed by atoms with E-state index in [1.807, 2.05) is 12.1 Å². The number of carbonyl (C=O) groups excluding carboxylic acids is 1. The Hall–Kier alpha value is -1.15. The predicted octanol–water partition coefficient (Wildman–Crippen LogP) is 2.45. The first kappa shape index (κ1) is 9.84. The molecular formula is C15H17NO. The number of nitrogens with zero attached hydrogens (tertiary/aromatic N) is 1. The van der Waals surface area contributed by atoms with Gasteiger partial charge >= 0.3 is 0 Å². The van der Waals surface area contributed by atoms with Gasteiger partial charge in [-0.05, 0) is 37.8 Å². The minimum atomic E-state index is 0.246. The second-order valence-electron chi connectivity index (χ2n) is 5.78. The number of piperidine rings is 1. The molecule has 0 spiro atoms. The van der Waals surface area contributed by atoms with Crippen molar-refractivity contribution in [3.8, 4) is 0 Å². The molecule has 0 N–H and O–H groups in total. The van der Waals surface area contributed by atoms with E-state index in [0.29, 0.717) is 23.8 Å². The maximum atomic E-state index is 12.5. The van der Waals surface area contributed by atoms with Gasteiger partial charge in [-0.25, -0.2) is 0 Å². The first-order valence-electron chi connectivity index (χ1n) is 6.62. The normalized spacial score (nSPS) is 39.2. The largest absolute Gasteiger partial charge is 0.300 e. The quantitative estimate of drug-likeness (QED) is 0.678. The van der Waals surface area contributed by atoms with E-state index in [0.717, 1.165) is 5.56 Å². The summed E-state index contributed by atoms with van der Waals surface area (Å²) >= 11 is 0. The Labute approximate surface area is 102 Å². The van der Waals surface area contributed by atoms with Gasteiger partial charge in [0.05, 0.1) is 0 Å². The molecule has 0 amide bonds. The third-order valence-corrected chi connectivity index (χ3v) is 5.20. The summed E-state index contributed by atoms with van der Waals surface area (Å²) in [7, 11) is 2.20. The molecule has 1 aromatic carbocycles. The van der Waals surface area contributed by atoms with Crippen molar-refractivity contribution < 1.29 is 4.79 Å². The minimum Gasteiger partial charge on any atom is -0.300 e. The third kappa shape index (κ3) is 1.12. The molecule has 1 aromatic rings. The van der Waals surface area contributed by atoms with Crippen LogP contribution in [0, 0.1) is 5.92 Å². The third-order valence-electron chi connectivity index (χ3n) is 5.20. The standard InChI is InChI=1S/C15H17NO/c1-16-9-6-7-13(16)14-12(8-9)10-4-2-3-5-11(10)15(14)17/h2-5,9,12-14H,6-8H2,1H3/t9-,12+,13+,14-/m1/s1. The molecule has 0 saturated carbocycles. The maximum Gasteiger partial charge on any atom is 0.168 e. The molecule has 4 atom stereocenters. The number of benzene rings is 1. The fraction of sp³-hybridized carbons (Fsp3) is 0.533. The lowest BCUT2D eigenvalue weighted by Gasteiger charge is -2.39. The van der Waals surface area contributed by atoms with Crippen LogP contribution in [-0.4, -0.2) is 29.8 Å². The number of hydrogen-bond acceptors (Lipinski definition) is 2. The number of ketones is 1. The van der Waals surface area contributed by atoms with Gasteiger partial charge in [-0.2, -0.15) is 0 Å². The Morgan fingerprint density at radius 2 is 2.06 bits per heavy atom. The second-order valence-corrected chi connectivity index (χ2v) is 5.78. The molecule has 2 aliphatic heterocycles. The van der Waals surface area contributed by atoms with Crippen LogP contribution in [0.3, 0.4) is 0 Å². The van der Waals surface area contributed by atoms with Gasteiger partial charge in [0.15, 0.2) is 5.78 Å². The molecule has 0 unspecified atom stereocenters. The van der Waals surface area contributed by atoms with Crippen molar-refractivity contribution in [1.82, 2.24) is 4.90 Å². The van der Waals surface area contributed by atoms with E-state index in [4.69, 9.17) is 0 Å². The van der Waals surface area contributed by atoms with E-state index < -0.39 is 0 Å². The van der Waals surface area contributed by atoms with Gasteiger partial charge in [-0.1, -0.05) is 24.3 Å². The summed E-state index contributed by atoms with van der Waals surface area (Å²) in [6.07, 6.45) is 3.67. The van der Waals surface area contributed by atoms with Gasteiger partial charge in [0.1, 0.15) is 0 Å². The van der Waals surface area contributed by atoms with Gasteiger partial charge in [0.2, 0.25) is 0 Å². The zero-order valence-corrected chi connectivity index (χ0v) is 10.1. The fourth-order valence-electron chi connectivity index (χ4n) is 4.37. The van der Waals surface area contributed by atoms with Crippen LogP contribution in [0.25, 0.3) is 0 Å². The van der Waals surface area contributed by atoms with Gasteiger partial charge in [-0.15, -0.1) is 0 Å². The van der Waals surface area contributed by atoms with Crippen LogP contribution in [0.2, 0.25) is 0 Å². The average Bonchev–Trinajstić information content (AvgIpc) is 2.75. The number of fused-ring (bicyclic) bond motifs is 6. The Balaban J connectivity index is 1.85. The molecule has 2 heterocycles. The highest BCUT2D eigenvalue weighted by Crippen LogP contribution is 2.51. The van der Waals surface area contributed by atoms with Gasteiger partial charge < -0.3 is 0 Å². The lowest BCUT2D eigenvalue weighted by atomic mass is 9.80. The highest BCUT2D eigenvalue weighted by molar-refractivity contribution is 6.03. The van der Waals surface area contributed by atoms with Crippen LogP contribution in [0.5, 0.6) is 0 Å². The Kier molecular flexibility index (Phi) is 1.85. The summed E-state index contributed by atoms with van der Waals surface area (Å²) in [4.78, 5) is 15.0. The van der Waals surface area contributed by atoms with Crippen LogP contribution >= 0.6 is 0 Å². The molecule has 2 heteroatoms. The maximum absolute atomic E-state index is 12.5. The summed E-state index contributed by atoms with van der Waals surface area (Å²) in [6, 6.07) is 9.47. The van der Waals surface area contributed by atoms with E-state index in [-0.39, 0.29) is 5.92 Å². The molecule has 2 saturated heterocycles. The van der Waals surface area contributed by atoms with Crippen molar-refractivity contribution in [2.45, 2.75) is 37.3 Å². The van der Waals surface area contributed by atoms with Crippen molar-refractivity contribution in [3.05, 3.63) is 35.4 Å². The fourth-order valence-corrected chi connectivity index (χ4v) is 4.37. The van der Waals surface area contributed by atoms with Gasteiger partial charge in [0.25, 0.3) is 0 Å². The zero-order valence-electron chi connectivity index (χ0n) is 10.1. The lowest BCUT2D eigenvalue weighted by molar-refractivity contribution is 0.0697. The number of carbonyl (C=O) groups is 1. The first-order chi connectivity index (χ1) is 8.27. The Morgan fingerprint density at radius 3 is 2.94 bits per heavy atom. The molecule has 4 rings (SSSR count). The highest BCUT2D eigenvalue weighted by atomic mass is 16.1. The van der Waals surface area contributed by atoms with Crippen molar-refractivity contribution in [2.75, 3.05) is 7.05 Å². The van der Waals surface area contributed by atoms with Crippen LogP contribution < -0.4 is 0 Å². The molecular weight excluding hydrogens is 210 g/mol. The number of rotatable bonds is 0. The van der Waals surface area contributed by atoms with Crippen molar-refractivity contribution in [3.63, 3.8) is 0 Å². The Morgan fingerprint density at radius 1 is 1.24 bits per heavy atom. The summed E-state index contributed by atoms with van der Waals surface area (Å²) in [5.41, 5.74) is 2.33. The molecule has 3 aliphatic rings. The molecule has 17 heavy (non-hydrogen) atoms. The summed E-state index contributed by atoms with van der Waals surface area (Å²) in [5.74, 6) is 1.16. The average molecular weight is 227 g/mol. The number of hydrogen-bond donors (Lipinski definition) is 0. The summed E-state index contributed by atoms with van der Waals surface area (Å²) in [6.45, 7) is 0. The molecule has 1 aliphatic carbocycles. The predicted molar refractivity (Wildman–Crippen MR) is 66.2 cm³/mol. The monoisotopic (exact) mass is 227 g/mol. The molecule has 88 valence electrons. The molecule has 2 bridgehead atoms. The first-order valence-corrected chi connectivity index (χ1v) is 6.62. The van der Waals surface area contributed by atoms with Gasteiger partial charge in [-0.3, -0.25) is 9.69 Å². The molecule has 2 nitrogen and oxygen atoms in total. The van der Waals surface area contributed by atoms with E-state index in [2.05, 4.69) is 24.1 Å². The van der Waals surface area contributed by atoms with E-state index >= 15 is 0 Å². The molecule has 0 radical (unpaired) electrons. The SMILES string of the molecule is CN1[C@@H]2CC[C@H]1[C@@H]1C(=O)c3ccccc3[C@@H]1C2. The minimum absolute atomic E-state index is 0.246. The second kappa shape index (κ2) is 3.20. The van der Waals surface area contributed by atoms with E-state index in [1.165, 1.54) is 24.8 Å². The van der Waals surface area contributed by atoms with Crippen molar-refractivity contribution >= 4 is 5.78 Å². The van der Waals surface area contributed by atoms with Crippen molar-refractivity contribution in [1.29, 1.82) is 0 Å². The van der Waals surface area contributed by atoms with Crippen LogP contribution in [-0.2, 0) is 0 Å². The number of Topliss-reactive ketones (excluding diaryl/α,β-unsaturated/α-hetero) is 1.